The number of likely N-dealkylation sites (N-methyl/N-ethyl adjacent to an activating group) is 1. The fraction of sp³-hybridized carbons (Fsp3) is 0.360. The van der Waals surface area contributed by atoms with Crippen LogP contribution in [-0.4, -0.2) is 55.3 Å². The van der Waals surface area contributed by atoms with Gasteiger partial charge in [-0.1, -0.05) is 60.7 Å². The number of amides is 2. The Kier molecular flexibility index (Phi) is 7.80. The summed E-state index contributed by atoms with van der Waals surface area (Å²) >= 11 is 0. The number of likely N-dealkylation sites (tertiary alicyclic amines) is 1. The maximum atomic E-state index is 12.7. The number of nitrogens with zero attached hydrogens (tertiary/aromatic N) is 2. The average Bonchev–Trinajstić information content (AvgIpc) is 2.79. The third-order valence-corrected chi connectivity index (χ3v) is 5.67. The molecule has 1 atom stereocenters. The normalized spacial score (nSPS) is 16.0. The zero-order valence-electron chi connectivity index (χ0n) is 17.8. The molecule has 0 spiro atoms. The summed E-state index contributed by atoms with van der Waals surface area (Å²) in [5.74, 6) is 0.0601. The number of rotatable bonds is 7. The molecule has 2 aromatic rings. The number of piperidine rings is 1. The Morgan fingerprint density at radius 3 is 2.23 bits per heavy atom. The van der Waals surface area contributed by atoms with Crippen LogP contribution in [0.5, 0.6) is 0 Å². The second-order valence-electron chi connectivity index (χ2n) is 7.98. The van der Waals surface area contributed by atoms with Crippen molar-refractivity contribution in [2.24, 2.45) is 5.92 Å². The van der Waals surface area contributed by atoms with Gasteiger partial charge in [-0.25, -0.2) is 0 Å². The van der Waals surface area contributed by atoms with Crippen molar-refractivity contribution in [1.29, 1.82) is 0 Å². The van der Waals surface area contributed by atoms with E-state index in [4.69, 9.17) is 0 Å². The standard InChI is InChI=1S/C25H31N3O2/c1-27(2)23(21-11-7-4-8-12-21)19-26-25(30)22-15-17-28(18-16-22)24(29)14-13-20-9-5-3-6-10-20/h3-14,22-23H,15-19H2,1-2H3,(H,26,30)/b14-13-/t23-/m1/s1. The summed E-state index contributed by atoms with van der Waals surface area (Å²) in [7, 11) is 4.05. The zero-order chi connectivity index (χ0) is 21.3. The molecule has 1 fully saturated rings. The summed E-state index contributed by atoms with van der Waals surface area (Å²) < 4.78 is 0. The molecule has 30 heavy (non-hydrogen) atoms. The summed E-state index contributed by atoms with van der Waals surface area (Å²) in [6, 6.07) is 20.1. The Balaban J connectivity index is 1.46. The van der Waals surface area contributed by atoms with E-state index in [1.54, 1.807) is 6.08 Å². The third-order valence-electron chi connectivity index (χ3n) is 5.67. The van der Waals surface area contributed by atoms with Gasteiger partial charge in [0.05, 0.1) is 6.04 Å². The van der Waals surface area contributed by atoms with Gasteiger partial charge in [0.1, 0.15) is 0 Å². The number of hydrogen-bond acceptors (Lipinski definition) is 3. The first kappa shape index (κ1) is 21.8. The first-order valence-electron chi connectivity index (χ1n) is 10.6. The van der Waals surface area contributed by atoms with Crippen molar-refractivity contribution in [3.63, 3.8) is 0 Å². The number of carbonyl (C=O) groups is 2. The zero-order valence-corrected chi connectivity index (χ0v) is 17.8. The van der Waals surface area contributed by atoms with E-state index in [0.717, 1.165) is 5.56 Å². The predicted octanol–water partition coefficient (Wildman–Crippen LogP) is 3.36. The lowest BCUT2D eigenvalue weighted by atomic mass is 9.95. The highest BCUT2D eigenvalue weighted by atomic mass is 16.2. The van der Waals surface area contributed by atoms with Crippen LogP contribution in [0.1, 0.15) is 30.0 Å². The second kappa shape index (κ2) is 10.7. The second-order valence-corrected chi connectivity index (χ2v) is 7.98. The molecule has 5 heteroatoms. The minimum absolute atomic E-state index is 0.00876. The van der Waals surface area contributed by atoms with Gasteiger partial charge in [0.15, 0.2) is 0 Å². The minimum Gasteiger partial charge on any atom is -0.354 e. The summed E-state index contributed by atoms with van der Waals surface area (Å²) in [6.45, 7) is 1.81. The Bertz CT molecular complexity index is 841. The first-order valence-corrected chi connectivity index (χ1v) is 10.6. The van der Waals surface area contributed by atoms with Crippen molar-refractivity contribution in [3.8, 4) is 0 Å². The highest BCUT2D eigenvalue weighted by Crippen LogP contribution is 2.20. The average molecular weight is 406 g/mol. The first-order chi connectivity index (χ1) is 14.5. The largest absolute Gasteiger partial charge is 0.354 e. The lowest BCUT2D eigenvalue weighted by molar-refractivity contribution is -0.132. The van der Waals surface area contributed by atoms with Crippen LogP contribution >= 0.6 is 0 Å². The topological polar surface area (TPSA) is 52.7 Å². The van der Waals surface area contributed by atoms with E-state index >= 15 is 0 Å². The van der Waals surface area contributed by atoms with Gasteiger partial charge in [0.2, 0.25) is 11.8 Å². The van der Waals surface area contributed by atoms with Crippen LogP contribution in [0.15, 0.2) is 66.7 Å². The summed E-state index contributed by atoms with van der Waals surface area (Å²) in [5, 5.41) is 3.12. The molecule has 1 saturated heterocycles. The molecule has 0 saturated carbocycles. The molecule has 0 aliphatic carbocycles. The van der Waals surface area contributed by atoms with Gasteiger partial charge < -0.3 is 15.1 Å². The third kappa shape index (κ3) is 6.04. The lowest BCUT2D eigenvalue weighted by Gasteiger charge is -2.31. The molecule has 0 bridgehead atoms. The number of nitrogens with one attached hydrogen (secondary N) is 1. The minimum atomic E-state index is -0.0364. The molecule has 1 heterocycles. The monoisotopic (exact) mass is 405 g/mol. The molecular formula is C25H31N3O2. The molecule has 5 nitrogen and oxygen atoms in total. The van der Waals surface area contributed by atoms with Crippen LogP contribution in [0.4, 0.5) is 0 Å². The maximum absolute atomic E-state index is 12.7. The molecule has 0 aromatic heterocycles. The van der Waals surface area contributed by atoms with Gasteiger partial charge in [-0.2, -0.15) is 0 Å². The molecule has 158 valence electrons. The van der Waals surface area contributed by atoms with Gasteiger partial charge in [-0.05, 0) is 44.1 Å². The van der Waals surface area contributed by atoms with Crippen LogP contribution in [0.3, 0.4) is 0 Å². The van der Waals surface area contributed by atoms with E-state index in [2.05, 4.69) is 22.3 Å². The van der Waals surface area contributed by atoms with Gasteiger partial charge in [-0.15, -0.1) is 0 Å². The summed E-state index contributed by atoms with van der Waals surface area (Å²) in [4.78, 5) is 29.1. The van der Waals surface area contributed by atoms with Gasteiger partial charge >= 0.3 is 0 Å². The summed E-state index contributed by atoms with van der Waals surface area (Å²) in [6.07, 6.45) is 4.87. The maximum Gasteiger partial charge on any atom is 0.246 e. The number of hydrogen-bond donors (Lipinski definition) is 1. The lowest BCUT2D eigenvalue weighted by Crippen LogP contribution is -2.44. The van der Waals surface area contributed by atoms with Crippen molar-refractivity contribution >= 4 is 17.9 Å². The van der Waals surface area contributed by atoms with E-state index in [9.17, 15) is 9.59 Å². The number of carbonyl (C=O) groups excluding carboxylic acids is 2. The molecule has 1 N–H and O–H groups in total. The van der Waals surface area contributed by atoms with Crippen molar-refractivity contribution in [1.82, 2.24) is 15.1 Å². The van der Waals surface area contributed by atoms with Crippen LogP contribution in [0, 0.1) is 5.92 Å². The van der Waals surface area contributed by atoms with Gasteiger partial charge in [0, 0.05) is 31.6 Å². The Labute approximate surface area is 179 Å². The van der Waals surface area contributed by atoms with E-state index in [0.29, 0.717) is 32.5 Å². The Hall–Kier alpha value is -2.92. The smallest absolute Gasteiger partial charge is 0.246 e. The quantitative estimate of drug-likeness (QED) is 0.719. The molecule has 1 aliphatic heterocycles. The van der Waals surface area contributed by atoms with Crippen molar-refractivity contribution in [2.75, 3.05) is 33.7 Å². The predicted molar refractivity (Wildman–Crippen MR) is 121 cm³/mol. The van der Waals surface area contributed by atoms with Crippen LogP contribution in [-0.2, 0) is 9.59 Å². The molecule has 0 radical (unpaired) electrons. The molecule has 3 rings (SSSR count). The fourth-order valence-corrected chi connectivity index (χ4v) is 3.81. The van der Waals surface area contributed by atoms with Crippen molar-refractivity contribution < 1.29 is 9.59 Å². The highest BCUT2D eigenvalue weighted by molar-refractivity contribution is 5.92. The van der Waals surface area contributed by atoms with Gasteiger partial charge in [0.25, 0.3) is 0 Å². The van der Waals surface area contributed by atoms with Crippen LogP contribution in [0.25, 0.3) is 6.08 Å². The van der Waals surface area contributed by atoms with Crippen molar-refractivity contribution in [2.45, 2.75) is 18.9 Å². The highest BCUT2D eigenvalue weighted by Gasteiger charge is 2.27. The van der Waals surface area contributed by atoms with E-state index in [-0.39, 0.29) is 23.8 Å². The Morgan fingerprint density at radius 1 is 1.03 bits per heavy atom. The molecule has 1 aliphatic rings. The molecule has 0 unspecified atom stereocenters. The van der Waals surface area contributed by atoms with Gasteiger partial charge in [-0.3, -0.25) is 9.59 Å². The fourth-order valence-electron chi connectivity index (χ4n) is 3.81. The van der Waals surface area contributed by atoms with E-state index in [1.807, 2.05) is 73.6 Å². The molecule has 2 aromatic carbocycles. The van der Waals surface area contributed by atoms with Crippen LogP contribution in [0.2, 0.25) is 0 Å². The van der Waals surface area contributed by atoms with E-state index in [1.165, 1.54) is 5.56 Å². The van der Waals surface area contributed by atoms with Crippen molar-refractivity contribution in [3.05, 3.63) is 77.9 Å². The SMILES string of the molecule is CN(C)[C@H](CNC(=O)C1CCN(C(=O)/C=C\c2ccccc2)CC1)c1ccccc1. The Morgan fingerprint density at radius 2 is 1.63 bits per heavy atom. The molecular weight excluding hydrogens is 374 g/mol. The summed E-state index contributed by atoms with van der Waals surface area (Å²) in [5.41, 5.74) is 2.20. The van der Waals surface area contributed by atoms with E-state index < -0.39 is 0 Å². The number of benzene rings is 2. The van der Waals surface area contributed by atoms with Crippen LogP contribution < -0.4 is 5.32 Å². The molecule has 2 amide bonds.